The molecule has 160 valence electrons. The van der Waals surface area contributed by atoms with Crippen LogP contribution in [0.25, 0.3) is 16.6 Å². The Morgan fingerprint density at radius 3 is 2.52 bits per heavy atom. The number of esters is 1. The summed E-state index contributed by atoms with van der Waals surface area (Å²) in [6.07, 6.45) is 2.16. The van der Waals surface area contributed by atoms with Gasteiger partial charge in [-0.3, -0.25) is 14.2 Å². The van der Waals surface area contributed by atoms with E-state index in [-0.39, 0.29) is 17.9 Å². The zero-order chi connectivity index (χ0) is 22.4. The van der Waals surface area contributed by atoms with Crippen LogP contribution < -0.4 is 5.56 Å². The number of hydrogen-bond acceptors (Lipinski definition) is 4. The first-order valence-electron chi connectivity index (χ1n) is 10.6. The number of para-hydroxylation sites is 1. The summed E-state index contributed by atoms with van der Waals surface area (Å²) in [5.41, 5.74) is 1.41. The summed E-state index contributed by atoms with van der Waals surface area (Å²) in [5, 5.41) is 0.496. The Morgan fingerprint density at radius 2 is 1.84 bits per heavy atom. The second-order valence-electron chi connectivity index (χ2n) is 8.34. The highest BCUT2D eigenvalue weighted by molar-refractivity contribution is 5.84. The summed E-state index contributed by atoms with van der Waals surface area (Å²) in [6, 6.07) is 15.1. The maximum atomic E-state index is 13.5. The van der Waals surface area contributed by atoms with Crippen molar-refractivity contribution in [3.8, 4) is 17.5 Å². The molecule has 0 aliphatic rings. The van der Waals surface area contributed by atoms with Crippen LogP contribution in [0, 0.1) is 11.8 Å². The molecule has 0 amide bonds. The third-order valence-corrected chi connectivity index (χ3v) is 4.55. The molecule has 0 radical (unpaired) electrons. The highest BCUT2D eigenvalue weighted by Crippen LogP contribution is 2.17. The van der Waals surface area contributed by atoms with Crippen molar-refractivity contribution < 1.29 is 9.53 Å². The van der Waals surface area contributed by atoms with Gasteiger partial charge in [0.1, 0.15) is 11.4 Å². The van der Waals surface area contributed by atoms with Crippen LogP contribution in [0.1, 0.15) is 58.3 Å². The molecule has 0 aliphatic carbocycles. The van der Waals surface area contributed by atoms with Gasteiger partial charge in [-0.25, -0.2) is 4.98 Å². The van der Waals surface area contributed by atoms with E-state index < -0.39 is 5.60 Å². The van der Waals surface area contributed by atoms with Crippen LogP contribution in [-0.2, 0) is 16.0 Å². The van der Waals surface area contributed by atoms with Gasteiger partial charge in [-0.1, -0.05) is 43.0 Å². The second kappa shape index (κ2) is 9.61. The molecular weight excluding hydrogens is 388 g/mol. The van der Waals surface area contributed by atoms with Crippen molar-refractivity contribution in [2.45, 2.75) is 59.0 Å². The molecule has 0 saturated heterocycles. The molecule has 1 aromatic heterocycles. The number of nitrogens with zero attached hydrogens (tertiary/aromatic N) is 2. The molecule has 0 saturated carbocycles. The Labute approximate surface area is 183 Å². The predicted molar refractivity (Wildman–Crippen MR) is 123 cm³/mol. The average molecular weight is 417 g/mol. The van der Waals surface area contributed by atoms with E-state index in [1.807, 2.05) is 69.3 Å². The molecule has 2 aromatic carbocycles. The number of fused-ring (bicyclic) bond motifs is 1. The fourth-order valence-corrected chi connectivity index (χ4v) is 3.33. The quantitative estimate of drug-likeness (QED) is 0.442. The first-order valence-corrected chi connectivity index (χ1v) is 10.6. The van der Waals surface area contributed by atoms with Crippen LogP contribution in [0.4, 0.5) is 0 Å². The van der Waals surface area contributed by atoms with Crippen LogP contribution in [0.2, 0.25) is 0 Å². The van der Waals surface area contributed by atoms with Crippen molar-refractivity contribution in [1.82, 2.24) is 9.55 Å². The molecule has 0 bridgehead atoms. The molecule has 3 aromatic rings. The van der Waals surface area contributed by atoms with Gasteiger partial charge in [0.2, 0.25) is 0 Å². The van der Waals surface area contributed by atoms with Crippen LogP contribution in [0.5, 0.6) is 0 Å². The number of aromatic nitrogens is 2. The Morgan fingerprint density at radius 1 is 1.10 bits per heavy atom. The lowest BCUT2D eigenvalue weighted by molar-refractivity contribution is -0.154. The van der Waals surface area contributed by atoms with Crippen molar-refractivity contribution >= 4 is 16.9 Å². The highest BCUT2D eigenvalue weighted by Gasteiger charge is 2.16. The van der Waals surface area contributed by atoms with Crippen molar-refractivity contribution in [1.29, 1.82) is 0 Å². The van der Waals surface area contributed by atoms with Crippen molar-refractivity contribution in [3.63, 3.8) is 0 Å². The van der Waals surface area contributed by atoms with Crippen LogP contribution in [-0.4, -0.2) is 21.1 Å². The minimum atomic E-state index is -0.509. The monoisotopic (exact) mass is 416 g/mol. The van der Waals surface area contributed by atoms with Crippen LogP contribution >= 0.6 is 0 Å². The van der Waals surface area contributed by atoms with E-state index in [0.29, 0.717) is 29.3 Å². The van der Waals surface area contributed by atoms with Crippen molar-refractivity contribution in [2.24, 2.45) is 0 Å². The van der Waals surface area contributed by atoms with Gasteiger partial charge in [0, 0.05) is 18.4 Å². The first-order chi connectivity index (χ1) is 14.8. The van der Waals surface area contributed by atoms with Crippen molar-refractivity contribution in [2.75, 3.05) is 0 Å². The Bertz CT molecular complexity index is 1190. The third-order valence-electron chi connectivity index (χ3n) is 4.55. The molecule has 3 rings (SSSR count). The molecular formula is C26H28N2O3. The summed E-state index contributed by atoms with van der Waals surface area (Å²) in [6.45, 7) is 7.58. The van der Waals surface area contributed by atoms with Gasteiger partial charge in [-0.15, -0.1) is 0 Å². The lowest BCUT2D eigenvalue weighted by Crippen LogP contribution is -2.24. The number of aryl methyl sites for hydroxylation is 1. The predicted octanol–water partition coefficient (Wildman–Crippen LogP) is 4.81. The van der Waals surface area contributed by atoms with E-state index in [2.05, 4.69) is 18.8 Å². The molecule has 31 heavy (non-hydrogen) atoms. The Hall–Kier alpha value is -3.39. The SMILES string of the molecule is CCCc1nc2cccc(C#CCCC(=O)OC(C)(C)C)c2c(=O)n1-c1ccccc1. The molecule has 0 spiro atoms. The Kier molecular flexibility index (Phi) is 6.91. The van der Waals surface area contributed by atoms with Gasteiger partial charge >= 0.3 is 5.97 Å². The smallest absolute Gasteiger partial charge is 0.307 e. The standard InChI is InChI=1S/C26H28N2O3/c1-5-12-22-27-21-17-11-14-19(13-9-10-18-23(29)31-26(2,3)4)24(21)25(30)28(22)20-15-7-6-8-16-20/h6-8,11,14-17H,5,10,12,18H2,1-4H3. The number of hydrogen-bond donors (Lipinski definition) is 0. The average Bonchev–Trinajstić information content (AvgIpc) is 2.71. The fraction of sp³-hybridized carbons (Fsp3) is 0.346. The maximum Gasteiger partial charge on any atom is 0.307 e. The topological polar surface area (TPSA) is 61.2 Å². The van der Waals surface area contributed by atoms with E-state index in [9.17, 15) is 9.59 Å². The van der Waals surface area contributed by atoms with E-state index in [1.54, 1.807) is 4.57 Å². The summed E-state index contributed by atoms with van der Waals surface area (Å²) < 4.78 is 6.99. The minimum Gasteiger partial charge on any atom is -0.460 e. The molecule has 0 unspecified atom stereocenters. The van der Waals surface area contributed by atoms with Gasteiger partial charge in [-0.05, 0) is 51.5 Å². The van der Waals surface area contributed by atoms with Crippen LogP contribution in [0.15, 0.2) is 53.3 Å². The first kappa shape index (κ1) is 22.3. The Balaban J connectivity index is 2.00. The van der Waals surface area contributed by atoms with E-state index in [1.165, 1.54) is 0 Å². The van der Waals surface area contributed by atoms with E-state index >= 15 is 0 Å². The molecule has 5 nitrogen and oxygen atoms in total. The number of ether oxygens (including phenoxy) is 1. The zero-order valence-electron chi connectivity index (χ0n) is 18.6. The van der Waals surface area contributed by atoms with Crippen molar-refractivity contribution in [3.05, 3.63) is 70.3 Å². The molecule has 0 N–H and O–H groups in total. The highest BCUT2D eigenvalue weighted by atomic mass is 16.6. The number of rotatable bonds is 5. The molecule has 0 aliphatic heterocycles. The third kappa shape index (κ3) is 5.61. The second-order valence-corrected chi connectivity index (χ2v) is 8.34. The summed E-state index contributed by atoms with van der Waals surface area (Å²) in [4.78, 5) is 30.2. The maximum absolute atomic E-state index is 13.5. The number of benzene rings is 2. The van der Waals surface area contributed by atoms with Gasteiger partial charge in [-0.2, -0.15) is 0 Å². The van der Waals surface area contributed by atoms with Crippen LogP contribution in [0.3, 0.4) is 0 Å². The lowest BCUT2D eigenvalue weighted by Gasteiger charge is -2.18. The fourth-order valence-electron chi connectivity index (χ4n) is 3.33. The number of carbonyl (C=O) groups excluding carboxylic acids is 1. The summed E-state index contributed by atoms with van der Waals surface area (Å²) in [5.74, 6) is 6.53. The zero-order valence-corrected chi connectivity index (χ0v) is 18.6. The molecule has 0 atom stereocenters. The van der Waals surface area contributed by atoms with Gasteiger partial charge in [0.05, 0.1) is 23.0 Å². The molecule has 5 heteroatoms. The number of carbonyl (C=O) groups is 1. The van der Waals surface area contributed by atoms with Gasteiger partial charge in [0.25, 0.3) is 5.56 Å². The van der Waals surface area contributed by atoms with E-state index in [0.717, 1.165) is 17.9 Å². The summed E-state index contributed by atoms with van der Waals surface area (Å²) in [7, 11) is 0. The molecule has 1 heterocycles. The van der Waals surface area contributed by atoms with Gasteiger partial charge in [0.15, 0.2) is 0 Å². The minimum absolute atomic E-state index is 0.128. The molecule has 0 fully saturated rings. The summed E-state index contributed by atoms with van der Waals surface area (Å²) >= 11 is 0. The van der Waals surface area contributed by atoms with Gasteiger partial charge < -0.3 is 4.74 Å². The largest absolute Gasteiger partial charge is 0.460 e. The van der Waals surface area contributed by atoms with E-state index in [4.69, 9.17) is 9.72 Å². The lowest BCUT2D eigenvalue weighted by atomic mass is 10.1. The normalized spacial score (nSPS) is 11.1.